The van der Waals surface area contributed by atoms with Crippen molar-refractivity contribution in [3.63, 3.8) is 0 Å². The third-order valence-electron chi connectivity index (χ3n) is 2.04. The molecular formula is C15H23PSe. The monoisotopic (exact) mass is 314 g/mol. The van der Waals surface area contributed by atoms with Crippen molar-refractivity contribution in [1.82, 2.24) is 0 Å². The van der Waals surface area contributed by atoms with E-state index in [4.69, 9.17) is 0 Å². The summed E-state index contributed by atoms with van der Waals surface area (Å²) in [6.45, 7) is 14.0. The molecule has 0 saturated carbocycles. The van der Waals surface area contributed by atoms with Gasteiger partial charge in [-0.1, -0.05) is 0 Å². The molecule has 17 heavy (non-hydrogen) atoms. The van der Waals surface area contributed by atoms with Gasteiger partial charge in [0.1, 0.15) is 0 Å². The van der Waals surface area contributed by atoms with Crippen LogP contribution in [-0.2, 0) is 0 Å². The zero-order valence-corrected chi connectivity index (χ0v) is 14.3. The van der Waals surface area contributed by atoms with Gasteiger partial charge in [0.15, 0.2) is 0 Å². The second kappa shape index (κ2) is 5.70. The predicted molar refractivity (Wildman–Crippen MR) is 83.0 cm³/mol. The van der Waals surface area contributed by atoms with Crippen molar-refractivity contribution in [2.24, 2.45) is 5.41 Å². The number of hydrogen-bond acceptors (Lipinski definition) is 0. The van der Waals surface area contributed by atoms with E-state index >= 15 is 0 Å². The Hall–Kier alpha value is -0.0905. The Kier molecular flexibility index (Phi) is 5.02. The standard InChI is InChI=1S/C15H23PSe/c1-14(2,3)13(16-15(4,5)6)17-12-10-8-7-9-11-12/h7-11H,1-6H3. The first-order valence-corrected chi connectivity index (χ1v) is 8.62. The summed E-state index contributed by atoms with van der Waals surface area (Å²) in [5.74, 6) is 0. The van der Waals surface area contributed by atoms with Gasteiger partial charge in [-0.15, -0.1) is 0 Å². The van der Waals surface area contributed by atoms with Crippen LogP contribution in [0.15, 0.2) is 30.3 Å². The Morgan fingerprint density at radius 1 is 0.941 bits per heavy atom. The number of benzene rings is 1. The predicted octanol–water partition coefficient (Wildman–Crippen LogP) is 3.94. The second-order valence-electron chi connectivity index (χ2n) is 6.25. The van der Waals surface area contributed by atoms with Crippen molar-refractivity contribution in [1.29, 1.82) is 0 Å². The third-order valence-corrected chi connectivity index (χ3v) is 7.39. The topological polar surface area (TPSA) is 0 Å². The molecule has 0 amide bonds. The van der Waals surface area contributed by atoms with E-state index in [-0.39, 0.29) is 0 Å². The molecule has 0 radical (unpaired) electrons. The van der Waals surface area contributed by atoms with Crippen LogP contribution in [0.1, 0.15) is 41.5 Å². The van der Waals surface area contributed by atoms with Gasteiger partial charge in [0, 0.05) is 0 Å². The number of rotatable bonds is 2. The molecule has 1 aromatic carbocycles. The van der Waals surface area contributed by atoms with Crippen LogP contribution in [0.5, 0.6) is 0 Å². The van der Waals surface area contributed by atoms with Crippen LogP contribution in [0.25, 0.3) is 0 Å². The third kappa shape index (κ3) is 5.86. The van der Waals surface area contributed by atoms with Crippen LogP contribution >= 0.6 is 8.20 Å². The molecule has 0 unspecified atom stereocenters. The molecule has 0 aromatic heterocycles. The quantitative estimate of drug-likeness (QED) is 0.573. The van der Waals surface area contributed by atoms with E-state index in [2.05, 4.69) is 71.9 Å². The van der Waals surface area contributed by atoms with Crippen LogP contribution in [-0.4, -0.2) is 24.3 Å². The van der Waals surface area contributed by atoms with E-state index in [0.29, 0.717) is 25.5 Å². The van der Waals surface area contributed by atoms with Crippen LogP contribution in [0.4, 0.5) is 0 Å². The molecule has 0 bridgehead atoms. The van der Waals surface area contributed by atoms with Crippen molar-refractivity contribution < 1.29 is 0 Å². The van der Waals surface area contributed by atoms with Crippen molar-refractivity contribution in [3.8, 4) is 0 Å². The molecule has 1 rings (SSSR count). The summed E-state index contributed by atoms with van der Waals surface area (Å²) in [6, 6.07) is 10.9. The van der Waals surface area contributed by atoms with Gasteiger partial charge >= 0.3 is 114 Å². The van der Waals surface area contributed by atoms with Crippen molar-refractivity contribution in [3.05, 3.63) is 30.3 Å². The normalized spacial score (nSPS) is 13.9. The fraction of sp³-hybridized carbons (Fsp3) is 0.533. The van der Waals surface area contributed by atoms with Crippen molar-refractivity contribution in [2.75, 3.05) is 0 Å². The summed E-state index contributed by atoms with van der Waals surface area (Å²) in [6.07, 6.45) is 0. The molecular weight excluding hydrogens is 290 g/mol. The summed E-state index contributed by atoms with van der Waals surface area (Å²) in [4.78, 5) is 0. The van der Waals surface area contributed by atoms with E-state index in [1.54, 1.807) is 4.19 Å². The van der Waals surface area contributed by atoms with Gasteiger partial charge in [-0.2, -0.15) is 0 Å². The molecule has 0 fully saturated rings. The Morgan fingerprint density at radius 3 is 1.88 bits per heavy atom. The zero-order valence-electron chi connectivity index (χ0n) is 11.7. The van der Waals surface area contributed by atoms with Gasteiger partial charge in [-0.05, 0) is 0 Å². The Morgan fingerprint density at radius 2 is 1.47 bits per heavy atom. The second-order valence-corrected chi connectivity index (χ2v) is 11.2. The van der Waals surface area contributed by atoms with Gasteiger partial charge in [0.2, 0.25) is 0 Å². The molecule has 2 heteroatoms. The molecule has 0 heterocycles. The van der Waals surface area contributed by atoms with E-state index in [9.17, 15) is 0 Å². The minimum absolute atomic E-state index is 0.310. The first-order chi connectivity index (χ1) is 7.68. The first kappa shape index (κ1) is 15.0. The first-order valence-electron chi connectivity index (χ1n) is 6.02. The van der Waals surface area contributed by atoms with Gasteiger partial charge in [0.25, 0.3) is 0 Å². The van der Waals surface area contributed by atoms with Gasteiger partial charge in [-0.3, -0.25) is 0 Å². The summed E-state index contributed by atoms with van der Waals surface area (Å²) >= 11 is 0.481. The van der Waals surface area contributed by atoms with Gasteiger partial charge < -0.3 is 0 Å². The zero-order chi connectivity index (χ0) is 13.1. The average Bonchev–Trinajstić information content (AvgIpc) is 2.15. The van der Waals surface area contributed by atoms with Crippen LogP contribution < -0.4 is 4.46 Å². The van der Waals surface area contributed by atoms with Gasteiger partial charge in [0.05, 0.1) is 0 Å². The van der Waals surface area contributed by atoms with Crippen LogP contribution in [0, 0.1) is 5.41 Å². The average molecular weight is 313 g/mol. The van der Waals surface area contributed by atoms with Crippen LogP contribution in [0.2, 0.25) is 0 Å². The molecule has 0 aliphatic heterocycles. The molecule has 94 valence electrons. The maximum absolute atomic E-state index is 2.34. The Labute approximate surface area is 114 Å². The van der Waals surface area contributed by atoms with E-state index in [1.807, 2.05) is 0 Å². The molecule has 0 nitrogen and oxygen atoms in total. The Balaban J connectivity index is 2.99. The Bertz CT molecular complexity index is 380. The number of hydrogen-bond donors (Lipinski definition) is 0. The van der Waals surface area contributed by atoms with E-state index in [0.717, 1.165) is 0 Å². The van der Waals surface area contributed by atoms with Gasteiger partial charge in [-0.25, -0.2) is 0 Å². The fourth-order valence-corrected chi connectivity index (χ4v) is 6.52. The molecule has 0 atom stereocenters. The van der Waals surface area contributed by atoms with E-state index in [1.165, 1.54) is 12.7 Å². The molecule has 0 spiro atoms. The summed E-state index contributed by atoms with van der Waals surface area (Å²) in [5.41, 5.74) is 0.310. The summed E-state index contributed by atoms with van der Waals surface area (Å²) in [5, 5.41) is 0.360. The molecule has 0 N–H and O–H groups in total. The SMILES string of the molecule is CC(C)(C)P=C([Se]c1ccccc1)C(C)(C)C. The van der Waals surface area contributed by atoms with Crippen molar-refractivity contribution >= 4 is 31.8 Å². The van der Waals surface area contributed by atoms with Crippen molar-refractivity contribution in [2.45, 2.75) is 46.7 Å². The molecule has 0 saturated heterocycles. The summed E-state index contributed by atoms with van der Waals surface area (Å²) in [7, 11) is 1.50. The molecule has 0 aliphatic carbocycles. The fourth-order valence-electron chi connectivity index (χ4n) is 1.25. The molecule has 0 aliphatic rings. The maximum atomic E-state index is 2.34. The minimum atomic E-state index is 0.310. The van der Waals surface area contributed by atoms with Crippen LogP contribution in [0.3, 0.4) is 0 Å². The van der Waals surface area contributed by atoms with E-state index < -0.39 is 0 Å². The summed E-state index contributed by atoms with van der Waals surface area (Å²) < 4.78 is 3.17. The molecule has 1 aromatic rings.